The Labute approximate surface area is 119 Å². The van der Waals surface area contributed by atoms with Crippen LogP contribution in [0.15, 0.2) is 39.7 Å². The van der Waals surface area contributed by atoms with Gasteiger partial charge in [0.2, 0.25) is 0 Å². The van der Waals surface area contributed by atoms with E-state index in [0.717, 1.165) is 21.2 Å². The number of rotatable bonds is 3. The normalized spacial score (nSPS) is 11.1. The van der Waals surface area contributed by atoms with E-state index in [4.69, 9.17) is 0 Å². The molecule has 0 aliphatic heterocycles. The largest absolute Gasteiger partial charge is 0.296 e. The number of thiazole rings is 1. The fourth-order valence-electron chi connectivity index (χ4n) is 1.89. The van der Waals surface area contributed by atoms with Crippen LogP contribution in [-0.2, 0) is 0 Å². The molecule has 0 amide bonds. The molecule has 19 heavy (non-hydrogen) atoms. The standard InChI is InChI=1S/C14H12N2OS2/c1-9-3-4-10(2)12(7-9)19-13-11(8-17)16-5-6-18-14(16)15-13/h3-8H,1-2H3. The second-order valence-corrected chi connectivity index (χ2v) is 6.25. The van der Waals surface area contributed by atoms with E-state index in [2.05, 4.69) is 37.0 Å². The molecule has 0 aliphatic rings. The van der Waals surface area contributed by atoms with Crippen molar-refractivity contribution >= 4 is 34.3 Å². The number of carbonyl (C=O) groups excluding carboxylic acids is 1. The van der Waals surface area contributed by atoms with Gasteiger partial charge in [-0.25, -0.2) is 4.98 Å². The summed E-state index contributed by atoms with van der Waals surface area (Å²) >= 11 is 3.09. The summed E-state index contributed by atoms with van der Waals surface area (Å²) in [7, 11) is 0. The number of aryl methyl sites for hydroxylation is 2. The van der Waals surface area contributed by atoms with Crippen LogP contribution in [0.25, 0.3) is 4.96 Å². The monoisotopic (exact) mass is 288 g/mol. The lowest BCUT2D eigenvalue weighted by Gasteiger charge is -2.05. The minimum atomic E-state index is 0.627. The van der Waals surface area contributed by atoms with E-state index in [1.54, 1.807) is 11.8 Å². The van der Waals surface area contributed by atoms with Gasteiger partial charge in [-0.2, -0.15) is 0 Å². The van der Waals surface area contributed by atoms with Gasteiger partial charge in [-0.3, -0.25) is 9.20 Å². The maximum absolute atomic E-state index is 11.3. The molecular formula is C14H12N2OS2. The van der Waals surface area contributed by atoms with E-state index in [9.17, 15) is 4.79 Å². The lowest BCUT2D eigenvalue weighted by atomic mass is 10.2. The van der Waals surface area contributed by atoms with Crippen LogP contribution in [0.4, 0.5) is 0 Å². The molecule has 2 heterocycles. The summed E-state index contributed by atoms with van der Waals surface area (Å²) in [5.41, 5.74) is 3.03. The number of fused-ring (bicyclic) bond motifs is 1. The third-order valence-electron chi connectivity index (χ3n) is 2.93. The minimum Gasteiger partial charge on any atom is -0.296 e. The number of aromatic nitrogens is 2. The Morgan fingerprint density at radius 2 is 2.21 bits per heavy atom. The molecule has 3 rings (SSSR count). The van der Waals surface area contributed by atoms with Crippen molar-refractivity contribution in [1.29, 1.82) is 0 Å². The average molecular weight is 288 g/mol. The zero-order chi connectivity index (χ0) is 13.4. The smallest absolute Gasteiger partial charge is 0.195 e. The molecule has 0 spiro atoms. The fourth-order valence-corrected chi connectivity index (χ4v) is 3.73. The predicted molar refractivity (Wildman–Crippen MR) is 78.5 cm³/mol. The highest BCUT2D eigenvalue weighted by Crippen LogP contribution is 2.33. The third kappa shape index (κ3) is 2.19. The van der Waals surface area contributed by atoms with Gasteiger partial charge in [0.05, 0.1) is 0 Å². The molecule has 3 nitrogen and oxygen atoms in total. The number of imidazole rings is 1. The van der Waals surface area contributed by atoms with Crippen molar-refractivity contribution in [1.82, 2.24) is 9.38 Å². The third-order valence-corrected chi connectivity index (χ3v) is 4.84. The Kier molecular flexibility index (Phi) is 3.16. The topological polar surface area (TPSA) is 34.4 Å². The quantitative estimate of drug-likeness (QED) is 0.684. The lowest BCUT2D eigenvalue weighted by molar-refractivity contribution is 0.111. The van der Waals surface area contributed by atoms with Crippen molar-refractivity contribution in [3.63, 3.8) is 0 Å². The lowest BCUT2D eigenvalue weighted by Crippen LogP contribution is -1.89. The van der Waals surface area contributed by atoms with Crippen LogP contribution < -0.4 is 0 Å². The van der Waals surface area contributed by atoms with Gasteiger partial charge in [0.25, 0.3) is 0 Å². The molecule has 0 radical (unpaired) electrons. The Morgan fingerprint density at radius 3 is 3.00 bits per heavy atom. The van der Waals surface area contributed by atoms with Crippen LogP contribution in [-0.4, -0.2) is 15.7 Å². The molecule has 0 atom stereocenters. The first-order valence-corrected chi connectivity index (χ1v) is 7.54. The van der Waals surface area contributed by atoms with Crippen molar-refractivity contribution < 1.29 is 4.79 Å². The number of aldehydes is 1. The van der Waals surface area contributed by atoms with E-state index in [1.807, 2.05) is 16.0 Å². The molecular weight excluding hydrogens is 276 g/mol. The number of benzene rings is 1. The van der Waals surface area contributed by atoms with Crippen LogP contribution in [0.1, 0.15) is 21.6 Å². The summed E-state index contributed by atoms with van der Waals surface area (Å²) in [6, 6.07) is 6.31. The number of hydrogen-bond donors (Lipinski definition) is 0. The highest BCUT2D eigenvalue weighted by Gasteiger charge is 2.14. The van der Waals surface area contributed by atoms with Crippen molar-refractivity contribution in [2.24, 2.45) is 0 Å². The highest BCUT2D eigenvalue weighted by molar-refractivity contribution is 7.99. The second kappa shape index (κ2) is 4.83. The van der Waals surface area contributed by atoms with Crippen molar-refractivity contribution in [3.8, 4) is 0 Å². The van der Waals surface area contributed by atoms with E-state index in [1.165, 1.54) is 22.5 Å². The average Bonchev–Trinajstić information content (AvgIpc) is 2.94. The summed E-state index contributed by atoms with van der Waals surface area (Å²) < 4.78 is 1.84. The number of nitrogens with zero attached hydrogens (tertiary/aromatic N) is 2. The first-order valence-electron chi connectivity index (χ1n) is 5.85. The molecule has 3 aromatic rings. The summed E-state index contributed by atoms with van der Waals surface area (Å²) in [4.78, 5) is 17.8. The predicted octanol–water partition coefficient (Wildman–Crippen LogP) is 3.98. The maximum atomic E-state index is 11.3. The minimum absolute atomic E-state index is 0.627. The molecule has 0 fully saturated rings. The Bertz CT molecular complexity index is 758. The molecule has 0 aliphatic carbocycles. The van der Waals surface area contributed by atoms with Crippen LogP contribution in [0.3, 0.4) is 0 Å². The van der Waals surface area contributed by atoms with Crippen LogP contribution in [0.5, 0.6) is 0 Å². The Balaban J connectivity index is 2.07. The first-order chi connectivity index (χ1) is 9.19. The maximum Gasteiger partial charge on any atom is 0.195 e. The van der Waals surface area contributed by atoms with Crippen molar-refractivity contribution in [3.05, 3.63) is 46.6 Å². The highest BCUT2D eigenvalue weighted by atomic mass is 32.2. The van der Waals surface area contributed by atoms with Gasteiger partial charge in [0.15, 0.2) is 11.2 Å². The van der Waals surface area contributed by atoms with Gasteiger partial charge in [-0.15, -0.1) is 11.3 Å². The Morgan fingerprint density at radius 1 is 1.37 bits per heavy atom. The van der Waals surface area contributed by atoms with E-state index in [-0.39, 0.29) is 0 Å². The molecule has 0 unspecified atom stereocenters. The van der Waals surface area contributed by atoms with Crippen molar-refractivity contribution in [2.45, 2.75) is 23.8 Å². The van der Waals surface area contributed by atoms with Gasteiger partial charge < -0.3 is 0 Å². The SMILES string of the molecule is Cc1ccc(C)c(Sc2nc3sccn3c2C=O)c1. The van der Waals surface area contributed by atoms with Crippen LogP contribution in [0.2, 0.25) is 0 Å². The zero-order valence-corrected chi connectivity index (χ0v) is 12.2. The van der Waals surface area contributed by atoms with E-state index in [0.29, 0.717) is 5.69 Å². The number of hydrogen-bond acceptors (Lipinski definition) is 4. The molecule has 96 valence electrons. The van der Waals surface area contributed by atoms with Crippen molar-refractivity contribution in [2.75, 3.05) is 0 Å². The van der Waals surface area contributed by atoms with Gasteiger partial charge >= 0.3 is 0 Å². The van der Waals surface area contributed by atoms with Gasteiger partial charge in [0, 0.05) is 16.5 Å². The van der Waals surface area contributed by atoms with Gasteiger partial charge in [-0.05, 0) is 31.0 Å². The van der Waals surface area contributed by atoms with Gasteiger partial charge in [-0.1, -0.05) is 23.9 Å². The first kappa shape index (κ1) is 12.4. The second-order valence-electron chi connectivity index (χ2n) is 4.35. The summed E-state index contributed by atoms with van der Waals surface area (Å²) in [5, 5.41) is 2.71. The van der Waals surface area contributed by atoms with Crippen LogP contribution >= 0.6 is 23.1 Å². The Hall–Kier alpha value is -1.59. The molecule has 0 N–H and O–H groups in total. The van der Waals surface area contributed by atoms with E-state index < -0.39 is 0 Å². The molecule has 0 saturated heterocycles. The molecule has 5 heteroatoms. The summed E-state index contributed by atoms with van der Waals surface area (Å²) in [5.74, 6) is 0. The molecule has 0 bridgehead atoms. The molecule has 0 saturated carbocycles. The van der Waals surface area contributed by atoms with Gasteiger partial charge in [0.1, 0.15) is 10.7 Å². The molecule has 2 aromatic heterocycles. The van der Waals surface area contributed by atoms with Crippen LogP contribution in [0, 0.1) is 13.8 Å². The summed E-state index contributed by atoms with van der Waals surface area (Å²) in [6.45, 7) is 4.14. The van der Waals surface area contributed by atoms with E-state index >= 15 is 0 Å². The number of carbonyl (C=O) groups is 1. The summed E-state index contributed by atoms with van der Waals surface area (Å²) in [6.07, 6.45) is 2.75. The fraction of sp³-hybridized carbons (Fsp3) is 0.143. The molecule has 1 aromatic carbocycles. The zero-order valence-electron chi connectivity index (χ0n) is 10.6.